The van der Waals surface area contributed by atoms with Gasteiger partial charge < -0.3 is 14.5 Å². The summed E-state index contributed by atoms with van der Waals surface area (Å²) in [7, 11) is 0. The molecule has 4 rings (SSSR count). The van der Waals surface area contributed by atoms with E-state index >= 15 is 0 Å². The van der Waals surface area contributed by atoms with E-state index in [1.165, 1.54) is 6.20 Å². The summed E-state index contributed by atoms with van der Waals surface area (Å²) >= 11 is 0. The third-order valence-corrected chi connectivity index (χ3v) is 5.29. The van der Waals surface area contributed by atoms with E-state index in [2.05, 4.69) is 4.98 Å². The van der Waals surface area contributed by atoms with Gasteiger partial charge in [-0.2, -0.15) is 13.2 Å². The van der Waals surface area contributed by atoms with E-state index in [1.54, 1.807) is 4.90 Å². The van der Waals surface area contributed by atoms with Crippen molar-refractivity contribution in [2.24, 2.45) is 0 Å². The Bertz CT molecular complexity index is 1110. The molecular weight excluding hydrogens is 371 g/mol. The van der Waals surface area contributed by atoms with E-state index in [9.17, 15) is 22.8 Å². The van der Waals surface area contributed by atoms with Crippen molar-refractivity contribution < 1.29 is 18.0 Å². The number of carbonyl (C=O) groups is 1. The zero-order valence-corrected chi connectivity index (χ0v) is 15.1. The van der Waals surface area contributed by atoms with Gasteiger partial charge in [-0.25, -0.2) is 0 Å². The molecule has 1 aromatic carbocycles. The van der Waals surface area contributed by atoms with Gasteiger partial charge in [-0.05, 0) is 37.1 Å². The lowest BCUT2D eigenvalue weighted by Gasteiger charge is -2.33. The number of halogens is 3. The first-order valence-electron chi connectivity index (χ1n) is 8.93. The summed E-state index contributed by atoms with van der Waals surface area (Å²) in [5.41, 5.74) is 0.593. The van der Waals surface area contributed by atoms with Gasteiger partial charge in [0.2, 0.25) is 5.91 Å². The molecule has 5 nitrogen and oxygen atoms in total. The van der Waals surface area contributed by atoms with Crippen molar-refractivity contribution in [3.05, 3.63) is 69.8 Å². The minimum Gasteiger partial charge on any atom is -0.356 e. The zero-order valence-electron chi connectivity index (χ0n) is 15.1. The third kappa shape index (κ3) is 2.98. The van der Waals surface area contributed by atoms with Gasteiger partial charge in [0.1, 0.15) is 12.1 Å². The Hall–Kier alpha value is -3.03. The second-order valence-corrected chi connectivity index (χ2v) is 6.93. The quantitative estimate of drug-likeness (QED) is 0.729. The molecule has 0 fully saturated rings. The van der Waals surface area contributed by atoms with Crippen LogP contribution in [0.4, 0.5) is 13.2 Å². The lowest BCUT2D eigenvalue weighted by atomic mass is 9.98. The van der Waals surface area contributed by atoms with Crippen molar-refractivity contribution in [1.29, 1.82) is 0 Å². The molecule has 2 aromatic heterocycles. The van der Waals surface area contributed by atoms with Crippen molar-refractivity contribution in [2.45, 2.75) is 32.1 Å². The Balaban J connectivity index is 1.61. The molecule has 146 valence electrons. The number of fused-ring (bicyclic) bond motifs is 3. The number of aromatic nitrogens is 2. The number of para-hydroxylation sites is 1. The van der Waals surface area contributed by atoms with Crippen LogP contribution in [0, 0.1) is 0 Å². The van der Waals surface area contributed by atoms with Gasteiger partial charge >= 0.3 is 6.18 Å². The lowest BCUT2D eigenvalue weighted by molar-refractivity contribution is -0.140. The molecule has 1 atom stereocenters. The minimum atomic E-state index is -4.75. The molecule has 3 aromatic rings. The number of carbonyl (C=O) groups excluding carboxylic acids is 1. The summed E-state index contributed by atoms with van der Waals surface area (Å²) in [6.45, 7) is 1.89. The smallest absolute Gasteiger partial charge is 0.356 e. The third-order valence-electron chi connectivity index (χ3n) is 5.29. The van der Waals surface area contributed by atoms with E-state index in [-0.39, 0.29) is 6.04 Å². The van der Waals surface area contributed by atoms with Gasteiger partial charge in [-0.3, -0.25) is 9.59 Å². The summed E-state index contributed by atoms with van der Waals surface area (Å²) in [6.07, 6.45) is -2.90. The Morgan fingerprint density at radius 1 is 1.21 bits per heavy atom. The topological polar surface area (TPSA) is 58.1 Å². The Morgan fingerprint density at radius 2 is 1.96 bits per heavy atom. The molecule has 1 amide bonds. The average molecular weight is 389 g/mol. The van der Waals surface area contributed by atoms with Crippen LogP contribution >= 0.6 is 0 Å². The SMILES string of the molecule is C[C@H]1c2[nH]c3ccccc3c2CCN1C(=O)Cn1cccc(C(F)(F)F)c1=O. The predicted octanol–water partition coefficient (Wildman–Crippen LogP) is 3.49. The number of nitrogens with zero attached hydrogens (tertiary/aromatic N) is 2. The molecule has 1 N–H and O–H groups in total. The molecular formula is C20H18F3N3O2. The van der Waals surface area contributed by atoms with Crippen molar-refractivity contribution in [2.75, 3.05) is 6.54 Å². The Kier molecular flexibility index (Phi) is 4.28. The monoisotopic (exact) mass is 389 g/mol. The first kappa shape index (κ1) is 18.3. The average Bonchev–Trinajstić information content (AvgIpc) is 3.02. The Labute approximate surface area is 158 Å². The van der Waals surface area contributed by atoms with Crippen molar-refractivity contribution in [3.8, 4) is 0 Å². The zero-order chi connectivity index (χ0) is 20.1. The second-order valence-electron chi connectivity index (χ2n) is 6.93. The predicted molar refractivity (Wildman–Crippen MR) is 97.8 cm³/mol. The molecule has 0 aliphatic carbocycles. The van der Waals surface area contributed by atoms with Gasteiger partial charge in [0.25, 0.3) is 5.56 Å². The number of hydrogen-bond donors (Lipinski definition) is 1. The molecule has 0 saturated carbocycles. The molecule has 0 unspecified atom stereocenters. The number of aromatic amines is 1. The van der Waals surface area contributed by atoms with Crippen LogP contribution in [0.1, 0.15) is 29.8 Å². The maximum atomic E-state index is 12.9. The van der Waals surface area contributed by atoms with Crippen LogP contribution in [-0.4, -0.2) is 26.9 Å². The molecule has 0 spiro atoms. The van der Waals surface area contributed by atoms with Crippen molar-refractivity contribution >= 4 is 16.8 Å². The van der Waals surface area contributed by atoms with Gasteiger partial charge in [0, 0.05) is 29.3 Å². The Morgan fingerprint density at radius 3 is 2.71 bits per heavy atom. The summed E-state index contributed by atoms with van der Waals surface area (Å²) in [6, 6.07) is 9.48. The van der Waals surface area contributed by atoms with E-state index in [0.29, 0.717) is 13.0 Å². The van der Waals surface area contributed by atoms with E-state index in [4.69, 9.17) is 0 Å². The molecule has 0 saturated heterocycles. The highest BCUT2D eigenvalue weighted by molar-refractivity contribution is 5.86. The maximum Gasteiger partial charge on any atom is 0.421 e. The number of rotatable bonds is 2. The summed E-state index contributed by atoms with van der Waals surface area (Å²) < 4.78 is 39.6. The first-order valence-corrected chi connectivity index (χ1v) is 8.93. The van der Waals surface area contributed by atoms with E-state index in [0.717, 1.165) is 38.9 Å². The minimum absolute atomic E-state index is 0.259. The highest BCUT2D eigenvalue weighted by Gasteiger charge is 2.35. The highest BCUT2D eigenvalue weighted by atomic mass is 19.4. The van der Waals surface area contributed by atoms with E-state index < -0.39 is 29.8 Å². The van der Waals surface area contributed by atoms with Gasteiger partial charge in [-0.15, -0.1) is 0 Å². The first-order chi connectivity index (χ1) is 13.3. The number of amides is 1. The number of pyridine rings is 1. The van der Waals surface area contributed by atoms with Crippen LogP contribution in [0.25, 0.3) is 10.9 Å². The van der Waals surface area contributed by atoms with Gasteiger partial charge in [0.15, 0.2) is 0 Å². The molecule has 0 bridgehead atoms. The summed E-state index contributed by atoms with van der Waals surface area (Å²) in [5, 5.41) is 1.12. The maximum absolute atomic E-state index is 12.9. The van der Waals surface area contributed by atoms with E-state index in [1.807, 2.05) is 31.2 Å². The van der Waals surface area contributed by atoms with Crippen LogP contribution in [0.2, 0.25) is 0 Å². The number of nitrogens with one attached hydrogen (secondary N) is 1. The second kappa shape index (κ2) is 6.54. The fraction of sp³-hybridized carbons (Fsp3) is 0.300. The van der Waals surface area contributed by atoms with Crippen LogP contribution in [0.15, 0.2) is 47.4 Å². The van der Waals surface area contributed by atoms with Crippen LogP contribution in [-0.2, 0) is 23.9 Å². The van der Waals surface area contributed by atoms with Crippen LogP contribution < -0.4 is 5.56 Å². The number of alkyl halides is 3. The molecule has 28 heavy (non-hydrogen) atoms. The standard InChI is InChI=1S/C20H18F3N3O2/c1-12-18-14(13-5-2-3-7-16(13)24-18)8-10-26(12)17(27)11-25-9-4-6-15(19(25)28)20(21,22)23/h2-7,9,12,24H,8,10-11H2,1H3/t12-/m0/s1. The fourth-order valence-corrected chi connectivity index (χ4v) is 3.88. The molecule has 0 radical (unpaired) electrons. The van der Waals surface area contributed by atoms with Crippen LogP contribution in [0.5, 0.6) is 0 Å². The number of hydrogen-bond acceptors (Lipinski definition) is 2. The molecule has 1 aliphatic heterocycles. The fourth-order valence-electron chi connectivity index (χ4n) is 3.88. The van der Waals surface area contributed by atoms with Gasteiger partial charge in [0.05, 0.1) is 6.04 Å². The number of H-pyrrole nitrogens is 1. The molecule has 8 heteroatoms. The normalized spacial score (nSPS) is 17.0. The lowest BCUT2D eigenvalue weighted by Crippen LogP contribution is -2.42. The largest absolute Gasteiger partial charge is 0.421 e. The molecule has 1 aliphatic rings. The summed E-state index contributed by atoms with van der Waals surface area (Å²) in [4.78, 5) is 29.8. The molecule has 3 heterocycles. The van der Waals surface area contributed by atoms with Crippen LogP contribution in [0.3, 0.4) is 0 Å². The van der Waals surface area contributed by atoms with Crippen molar-refractivity contribution in [1.82, 2.24) is 14.5 Å². The summed E-state index contributed by atoms with van der Waals surface area (Å²) in [5.74, 6) is -0.391. The van der Waals surface area contributed by atoms with Gasteiger partial charge in [-0.1, -0.05) is 18.2 Å². The number of benzene rings is 1. The highest BCUT2D eigenvalue weighted by Crippen LogP contribution is 2.34. The van der Waals surface area contributed by atoms with Crippen molar-refractivity contribution in [3.63, 3.8) is 0 Å².